The lowest BCUT2D eigenvalue weighted by Gasteiger charge is -2.15. The Labute approximate surface area is 157 Å². The number of amides is 2. The number of hydrogen-bond acceptors (Lipinski definition) is 6. The highest BCUT2D eigenvalue weighted by molar-refractivity contribution is 8.26. The molecule has 1 aromatic heterocycles. The number of thiocarbonyl (C=S) groups is 1. The highest BCUT2D eigenvalue weighted by atomic mass is 32.2. The Kier molecular flexibility index (Phi) is 5.10. The molecule has 0 saturated carbocycles. The van der Waals surface area contributed by atoms with Crippen molar-refractivity contribution in [2.45, 2.75) is 0 Å². The van der Waals surface area contributed by atoms with E-state index in [9.17, 15) is 19.5 Å². The number of nitrogens with zero attached hydrogens (tertiary/aromatic N) is 2. The first-order chi connectivity index (χ1) is 12.5. The van der Waals surface area contributed by atoms with Crippen molar-refractivity contribution in [2.75, 3.05) is 0 Å². The molecule has 2 N–H and O–H groups in total. The van der Waals surface area contributed by atoms with E-state index < -0.39 is 17.8 Å². The van der Waals surface area contributed by atoms with Gasteiger partial charge in [-0.3, -0.25) is 20.0 Å². The van der Waals surface area contributed by atoms with Crippen LogP contribution < -0.4 is 5.43 Å². The van der Waals surface area contributed by atoms with Gasteiger partial charge < -0.3 is 5.11 Å². The minimum atomic E-state index is -1.10. The minimum Gasteiger partial charge on any atom is -0.478 e. The number of hydrazine groups is 1. The lowest BCUT2D eigenvalue weighted by molar-refractivity contribution is -0.123. The summed E-state index contributed by atoms with van der Waals surface area (Å²) in [4.78, 5) is 40.1. The number of aromatic nitrogens is 1. The number of carbonyl (C=O) groups is 3. The summed E-state index contributed by atoms with van der Waals surface area (Å²) >= 11 is 6.13. The third-order valence-corrected chi connectivity index (χ3v) is 4.73. The SMILES string of the molecule is O=C(NN1C(=O)/C(=C\c2ccccc2C(=O)O)SC1=S)c1ccncc1. The molecule has 0 unspecified atom stereocenters. The summed E-state index contributed by atoms with van der Waals surface area (Å²) in [6.07, 6.45) is 4.37. The number of aromatic carboxylic acids is 1. The molecule has 0 spiro atoms. The fourth-order valence-corrected chi connectivity index (χ4v) is 3.36. The smallest absolute Gasteiger partial charge is 0.336 e. The number of rotatable bonds is 4. The van der Waals surface area contributed by atoms with E-state index in [0.717, 1.165) is 16.8 Å². The van der Waals surface area contributed by atoms with Crippen LogP contribution >= 0.6 is 24.0 Å². The van der Waals surface area contributed by atoms with E-state index in [2.05, 4.69) is 10.4 Å². The topological polar surface area (TPSA) is 99.6 Å². The molecular formula is C17H11N3O4S2. The second kappa shape index (κ2) is 7.46. The molecule has 0 atom stereocenters. The number of pyridine rings is 1. The van der Waals surface area contributed by atoms with Crippen molar-refractivity contribution in [3.05, 3.63) is 70.4 Å². The average molecular weight is 385 g/mol. The molecule has 130 valence electrons. The van der Waals surface area contributed by atoms with Gasteiger partial charge in [0.05, 0.1) is 10.5 Å². The summed E-state index contributed by atoms with van der Waals surface area (Å²) in [7, 11) is 0. The lowest BCUT2D eigenvalue weighted by atomic mass is 10.1. The maximum absolute atomic E-state index is 12.5. The van der Waals surface area contributed by atoms with Gasteiger partial charge in [-0.05, 0) is 42.1 Å². The fraction of sp³-hybridized carbons (Fsp3) is 0. The molecule has 1 aliphatic rings. The van der Waals surface area contributed by atoms with E-state index in [4.69, 9.17) is 12.2 Å². The molecule has 2 heterocycles. The third-order valence-electron chi connectivity index (χ3n) is 3.43. The summed E-state index contributed by atoms with van der Waals surface area (Å²) in [6, 6.07) is 9.31. The van der Waals surface area contributed by atoms with Crippen LogP contribution in [0, 0.1) is 0 Å². The third kappa shape index (κ3) is 3.63. The van der Waals surface area contributed by atoms with Gasteiger partial charge in [-0.2, -0.15) is 5.01 Å². The predicted molar refractivity (Wildman–Crippen MR) is 100 cm³/mol. The van der Waals surface area contributed by atoms with E-state index in [1.807, 2.05) is 0 Å². The lowest BCUT2D eigenvalue weighted by Crippen LogP contribution is -2.44. The standard InChI is InChI=1S/C17H11N3O4S2/c21-14(10-5-7-18-8-6-10)19-20-15(22)13(26-17(20)25)9-11-3-1-2-4-12(11)16(23)24/h1-9H,(H,19,21)(H,23,24)/b13-9+. The van der Waals surface area contributed by atoms with Crippen LogP contribution in [0.2, 0.25) is 0 Å². The molecule has 26 heavy (non-hydrogen) atoms. The van der Waals surface area contributed by atoms with Gasteiger partial charge in [0, 0.05) is 18.0 Å². The van der Waals surface area contributed by atoms with Crippen LogP contribution in [0.15, 0.2) is 53.7 Å². The predicted octanol–water partition coefficient (Wildman–Crippen LogP) is 2.33. The average Bonchev–Trinajstić information content (AvgIpc) is 2.90. The quantitative estimate of drug-likeness (QED) is 0.615. The molecule has 1 aromatic carbocycles. The van der Waals surface area contributed by atoms with Crippen molar-refractivity contribution in [3.8, 4) is 0 Å². The fourth-order valence-electron chi connectivity index (χ4n) is 2.19. The zero-order valence-electron chi connectivity index (χ0n) is 13.1. The first-order valence-corrected chi connectivity index (χ1v) is 8.51. The number of carboxylic acids is 1. The van der Waals surface area contributed by atoms with Gasteiger partial charge in [-0.1, -0.05) is 30.0 Å². The van der Waals surface area contributed by atoms with Crippen LogP contribution in [-0.4, -0.2) is 37.2 Å². The number of carboxylic acid groups (broad SMARTS) is 1. The maximum atomic E-state index is 12.5. The zero-order valence-corrected chi connectivity index (χ0v) is 14.7. The molecular weight excluding hydrogens is 374 g/mol. The molecule has 0 radical (unpaired) electrons. The molecule has 9 heteroatoms. The largest absolute Gasteiger partial charge is 0.478 e. The summed E-state index contributed by atoms with van der Waals surface area (Å²) < 4.78 is 0.150. The van der Waals surface area contributed by atoms with Gasteiger partial charge in [0.15, 0.2) is 4.32 Å². The number of carbonyl (C=O) groups excluding carboxylic acids is 2. The van der Waals surface area contributed by atoms with Crippen molar-refractivity contribution >= 4 is 52.2 Å². The van der Waals surface area contributed by atoms with Crippen molar-refractivity contribution in [2.24, 2.45) is 0 Å². The van der Waals surface area contributed by atoms with Gasteiger partial charge in [0.2, 0.25) is 0 Å². The normalized spacial score (nSPS) is 15.4. The Hall–Kier alpha value is -3.04. The van der Waals surface area contributed by atoms with E-state index in [1.54, 1.807) is 18.2 Å². The molecule has 1 aliphatic heterocycles. The maximum Gasteiger partial charge on any atom is 0.336 e. The van der Waals surface area contributed by atoms with Crippen LogP contribution in [0.4, 0.5) is 0 Å². The second-order valence-electron chi connectivity index (χ2n) is 5.09. The van der Waals surface area contributed by atoms with Crippen LogP contribution in [-0.2, 0) is 4.79 Å². The van der Waals surface area contributed by atoms with E-state index >= 15 is 0 Å². The van der Waals surface area contributed by atoms with Gasteiger partial charge in [0.25, 0.3) is 11.8 Å². The second-order valence-corrected chi connectivity index (χ2v) is 6.76. The van der Waals surface area contributed by atoms with Crippen LogP contribution in [0.3, 0.4) is 0 Å². The Morgan fingerprint density at radius 2 is 1.88 bits per heavy atom. The molecule has 7 nitrogen and oxygen atoms in total. The highest BCUT2D eigenvalue weighted by Crippen LogP contribution is 2.32. The van der Waals surface area contributed by atoms with Crippen LogP contribution in [0.5, 0.6) is 0 Å². The number of nitrogens with one attached hydrogen (secondary N) is 1. The van der Waals surface area contributed by atoms with E-state index in [0.29, 0.717) is 11.1 Å². The van der Waals surface area contributed by atoms with Crippen molar-refractivity contribution in [1.82, 2.24) is 15.4 Å². The van der Waals surface area contributed by atoms with Gasteiger partial charge >= 0.3 is 5.97 Å². The van der Waals surface area contributed by atoms with Gasteiger partial charge in [0.1, 0.15) is 0 Å². The highest BCUT2D eigenvalue weighted by Gasteiger charge is 2.34. The molecule has 3 rings (SSSR count). The molecule has 0 aliphatic carbocycles. The Morgan fingerprint density at radius 1 is 1.19 bits per heavy atom. The first-order valence-electron chi connectivity index (χ1n) is 7.28. The summed E-state index contributed by atoms with van der Waals surface area (Å²) in [5, 5.41) is 10.2. The van der Waals surface area contributed by atoms with Crippen LogP contribution in [0.1, 0.15) is 26.3 Å². The molecule has 0 bridgehead atoms. The Bertz CT molecular complexity index is 944. The minimum absolute atomic E-state index is 0.0681. The molecule has 1 saturated heterocycles. The zero-order chi connectivity index (χ0) is 18.7. The number of benzene rings is 1. The first kappa shape index (κ1) is 17.8. The Balaban J connectivity index is 1.83. The molecule has 2 aromatic rings. The monoisotopic (exact) mass is 385 g/mol. The van der Waals surface area contributed by atoms with E-state index in [1.165, 1.54) is 36.7 Å². The summed E-state index contributed by atoms with van der Waals surface area (Å²) in [5.41, 5.74) is 3.22. The van der Waals surface area contributed by atoms with Crippen molar-refractivity contribution < 1.29 is 19.5 Å². The number of thioether (sulfide) groups is 1. The van der Waals surface area contributed by atoms with Gasteiger partial charge in [-0.25, -0.2) is 4.79 Å². The van der Waals surface area contributed by atoms with E-state index in [-0.39, 0.29) is 14.8 Å². The molecule has 1 fully saturated rings. The summed E-state index contributed by atoms with van der Waals surface area (Å²) in [5.74, 6) is -2.13. The number of hydrogen-bond donors (Lipinski definition) is 2. The van der Waals surface area contributed by atoms with Crippen molar-refractivity contribution in [1.29, 1.82) is 0 Å². The molecule has 2 amide bonds. The Morgan fingerprint density at radius 3 is 2.58 bits per heavy atom. The summed E-state index contributed by atoms with van der Waals surface area (Å²) in [6.45, 7) is 0. The van der Waals surface area contributed by atoms with Crippen LogP contribution in [0.25, 0.3) is 6.08 Å². The van der Waals surface area contributed by atoms with Gasteiger partial charge in [-0.15, -0.1) is 0 Å². The van der Waals surface area contributed by atoms with Crippen molar-refractivity contribution in [3.63, 3.8) is 0 Å².